The summed E-state index contributed by atoms with van der Waals surface area (Å²) in [5, 5.41) is 11.8. The molecule has 3 nitrogen and oxygen atoms in total. The van der Waals surface area contributed by atoms with Gasteiger partial charge in [-0.3, -0.25) is 0 Å². The van der Waals surface area contributed by atoms with Crippen LogP contribution in [0.25, 0.3) is 0 Å². The van der Waals surface area contributed by atoms with E-state index >= 15 is 0 Å². The summed E-state index contributed by atoms with van der Waals surface area (Å²) in [5.41, 5.74) is 1.12. The largest absolute Gasteiger partial charge is 0.472 e. The Morgan fingerprint density at radius 3 is 3.08 bits per heavy atom. The fraction of sp³-hybridized carbons (Fsp3) is 0.500. The summed E-state index contributed by atoms with van der Waals surface area (Å²) in [5.74, 6) is 0. The lowest BCUT2D eigenvalue weighted by molar-refractivity contribution is 0.500. The van der Waals surface area contributed by atoms with E-state index in [1.807, 2.05) is 6.07 Å². The minimum atomic E-state index is 0.292. The quantitative estimate of drug-likeness (QED) is 0.750. The highest BCUT2D eigenvalue weighted by molar-refractivity contribution is 5.04. The molecule has 0 aliphatic carbocycles. The summed E-state index contributed by atoms with van der Waals surface area (Å²) in [6.45, 7) is 2.85. The highest BCUT2D eigenvalue weighted by Gasteiger charge is 2.04. The van der Waals surface area contributed by atoms with Crippen molar-refractivity contribution in [2.24, 2.45) is 0 Å². The molecule has 0 radical (unpaired) electrons. The molecule has 1 N–H and O–H groups in total. The van der Waals surface area contributed by atoms with E-state index in [9.17, 15) is 0 Å². The average molecular weight is 178 g/mol. The number of nitrogens with one attached hydrogen (secondary N) is 1. The molecular formula is C10H14N2O. The number of furan rings is 1. The Morgan fingerprint density at radius 2 is 2.54 bits per heavy atom. The van der Waals surface area contributed by atoms with Crippen molar-refractivity contribution in [2.45, 2.75) is 32.4 Å². The van der Waals surface area contributed by atoms with Gasteiger partial charge in [-0.15, -0.1) is 0 Å². The lowest BCUT2D eigenvalue weighted by Crippen LogP contribution is -2.27. The van der Waals surface area contributed by atoms with E-state index in [0.717, 1.165) is 18.5 Å². The predicted octanol–water partition coefficient (Wildman–Crippen LogP) is 2.06. The number of nitriles is 1. The smallest absolute Gasteiger partial charge is 0.0947 e. The van der Waals surface area contributed by atoms with Crippen molar-refractivity contribution >= 4 is 0 Å². The van der Waals surface area contributed by atoms with Gasteiger partial charge in [0, 0.05) is 18.2 Å². The Morgan fingerprint density at radius 1 is 1.69 bits per heavy atom. The molecule has 0 aromatic carbocycles. The summed E-state index contributed by atoms with van der Waals surface area (Å²) in [6, 6.07) is 4.38. The van der Waals surface area contributed by atoms with E-state index < -0.39 is 0 Å². The van der Waals surface area contributed by atoms with Crippen LogP contribution >= 0.6 is 0 Å². The zero-order valence-electron chi connectivity index (χ0n) is 7.79. The molecule has 0 aliphatic heterocycles. The van der Waals surface area contributed by atoms with Crippen LogP contribution in [0.15, 0.2) is 23.0 Å². The predicted molar refractivity (Wildman–Crippen MR) is 49.9 cm³/mol. The first kappa shape index (κ1) is 9.82. The van der Waals surface area contributed by atoms with Crippen LogP contribution in [-0.4, -0.2) is 6.04 Å². The Labute approximate surface area is 78.4 Å². The van der Waals surface area contributed by atoms with Gasteiger partial charge in [0.1, 0.15) is 0 Å². The molecule has 0 fully saturated rings. The van der Waals surface area contributed by atoms with Crippen molar-refractivity contribution in [3.63, 3.8) is 0 Å². The fourth-order valence-electron chi connectivity index (χ4n) is 1.13. The van der Waals surface area contributed by atoms with Crippen LogP contribution in [0.5, 0.6) is 0 Å². The number of hydrogen-bond acceptors (Lipinski definition) is 3. The summed E-state index contributed by atoms with van der Waals surface area (Å²) in [6.07, 6.45) is 4.91. The van der Waals surface area contributed by atoms with Crippen molar-refractivity contribution in [3.8, 4) is 6.07 Å². The van der Waals surface area contributed by atoms with Gasteiger partial charge in [-0.25, -0.2) is 0 Å². The van der Waals surface area contributed by atoms with Crippen molar-refractivity contribution < 1.29 is 4.42 Å². The first-order valence-corrected chi connectivity index (χ1v) is 4.48. The molecule has 1 unspecified atom stereocenters. The molecule has 0 amide bonds. The third-order valence-corrected chi connectivity index (χ3v) is 2.01. The second-order valence-corrected chi connectivity index (χ2v) is 2.98. The van der Waals surface area contributed by atoms with Crippen LogP contribution in [0.3, 0.4) is 0 Å². The van der Waals surface area contributed by atoms with Gasteiger partial charge in [-0.2, -0.15) is 5.26 Å². The van der Waals surface area contributed by atoms with Gasteiger partial charge in [-0.05, 0) is 12.5 Å². The first-order chi connectivity index (χ1) is 6.36. The number of rotatable bonds is 5. The van der Waals surface area contributed by atoms with E-state index in [2.05, 4.69) is 18.3 Å². The molecule has 0 aliphatic rings. The molecule has 1 heterocycles. The lowest BCUT2D eigenvalue weighted by Gasteiger charge is -2.11. The summed E-state index contributed by atoms with van der Waals surface area (Å²) >= 11 is 0. The second-order valence-electron chi connectivity index (χ2n) is 2.98. The van der Waals surface area contributed by atoms with Crippen molar-refractivity contribution in [1.29, 1.82) is 5.26 Å². The Bertz CT molecular complexity index is 261. The molecule has 3 heteroatoms. The highest BCUT2D eigenvalue weighted by atomic mass is 16.3. The van der Waals surface area contributed by atoms with Gasteiger partial charge < -0.3 is 9.73 Å². The molecule has 1 aromatic heterocycles. The summed E-state index contributed by atoms with van der Waals surface area (Å²) in [7, 11) is 0. The molecule has 0 bridgehead atoms. The van der Waals surface area contributed by atoms with Crippen LogP contribution in [0.4, 0.5) is 0 Å². The third kappa shape index (κ3) is 3.30. The van der Waals surface area contributed by atoms with E-state index in [1.54, 1.807) is 12.5 Å². The molecule has 1 atom stereocenters. The molecule has 0 saturated carbocycles. The minimum absolute atomic E-state index is 0.292. The minimum Gasteiger partial charge on any atom is -0.472 e. The Kier molecular flexibility index (Phi) is 4.07. The third-order valence-electron chi connectivity index (χ3n) is 2.01. The first-order valence-electron chi connectivity index (χ1n) is 4.48. The fourth-order valence-corrected chi connectivity index (χ4v) is 1.13. The highest BCUT2D eigenvalue weighted by Crippen LogP contribution is 2.02. The number of nitrogens with zero attached hydrogens (tertiary/aromatic N) is 1. The maximum absolute atomic E-state index is 8.52. The SMILES string of the molecule is CCC(CC#N)NCc1ccoc1. The van der Waals surface area contributed by atoms with Gasteiger partial charge in [-0.1, -0.05) is 6.92 Å². The van der Waals surface area contributed by atoms with Crippen LogP contribution < -0.4 is 5.32 Å². The monoisotopic (exact) mass is 178 g/mol. The van der Waals surface area contributed by atoms with Gasteiger partial charge in [0.25, 0.3) is 0 Å². The summed E-state index contributed by atoms with van der Waals surface area (Å²) in [4.78, 5) is 0. The molecule has 1 rings (SSSR count). The van der Waals surface area contributed by atoms with Crippen LogP contribution in [0.1, 0.15) is 25.3 Å². The molecular weight excluding hydrogens is 164 g/mol. The second kappa shape index (κ2) is 5.39. The lowest BCUT2D eigenvalue weighted by atomic mass is 10.1. The van der Waals surface area contributed by atoms with E-state index in [4.69, 9.17) is 9.68 Å². The average Bonchev–Trinajstić information content (AvgIpc) is 2.64. The topological polar surface area (TPSA) is 49.0 Å². The standard InChI is InChI=1S/C10H14N2O/c1-2-10(3-5-11)12-7-9-4-6-13-8-9/h4,6,8,10,12H,2-3,7H2,1H3. The van der Waals surface area contributed by atoms with Gasteiger partial charge in [0.15, 0.2) is 0 Å². The molecule has 1 aromatic rings. The normalized spacial score (nSPS) is 12.3. The maximum atomic E-state index is 8.52. The zero-order chi connectivity index (χ0) is 9.52. The van der Waals surface area contributed by atoms with E-state index in [1.165, 1.54) is 0 Å². The zero-order valence-corrected chi connectivity index (χ0v) is 7.79. The molecule has 13 heavy (non-hydrogen) atoms. The molecule has 0 spiro atoms. The maximum Gasteiger partial charge on any atom is 0.0947 e. The Balaban J connectivity index is 2.28. The van der Waals surface area contributed by atoms with E-state index in [0.29, 0.717) is 12.5 Å². The van der Waals surface area contributed by atoms with Crippen LogP contribution in [0.2, 0.25) is 0 Å². The van der Waals surface area contributed by atoms with Gasteiger partial charge in [0.05, 0.1) is 25.0 Å². The van der Waals surface area contributed by atoms with Crippen molar-refractivity contribution in [3.05, 3.63) is 24.2 Å². The summed E-state index contributed by atoms with van der Waals surface area (Å²) < 4.78 is 4.94. The van der Waals surface area contributed by atoms with E-state index in [-0.39, 0.29) is 0 Å². The van der Waals surface area contributed by atoms with Gasteiger partial charge >= 0.3 is 0 Å². The number of hydrogen-bond donors (Lipinski definition) is 1. The van der Waals surface area contributed by atoms with Crippen molar-refractivity contribution in [1.82, 2.24) is 5.32 Å². The van der Waals surface area contributed by atoms with Crippen LogP contribution in [-0.2, 0) is 6.54 Å². The Hall–Kier alpha value is -1.27. The van der Waals surface area contributed by atoms with Crippen molar-refractivity contribution in [2.75, 3.05) is 0 Å². The van der Waals surface area contributed by atoms with Crippen LogP contribution in [0, 0.1) is 11.3 Å². The molecule has 0 saturated heterocycles. The van der Waals surface area contributed by atoms with Gasteiger partial charge in [0.2, 0.25) is 0 Å². The molecule has 70 valence electrons.